The van der Waals surface area contributed by atoms with Gasteiger partial charge in [-0.15, -0.1) is 11.3 Å². The number of methoxy groups -OCH3 is 1. The molecule has 0 saturated carbocycles. The van der Waals surface area contributed by atoms with Crippen LogP contribution in [0.5, 0.6) is 5.75 Å². The summed E-state index contributed by atoms with van der Waals surface area (Å²) in [5.74, 6) is 2.08. The Balaban J connectivity index is 1.47. The van der Waals surface area contributed by atoms with Crippen molar-refractivity contribution in [2.75, 3.05) is 50.0 Å². The zero-order chi connectivity index (χ0) is 22.5. The van der Waals surface area contributed by atoms with Crippen molar-refractivity contribution in [2.45, 2.75) is 17.9 Å². The highest BCUT2D eigenvalue weighted by molar-refractivity contribution is 8.00. The molecule has 3 aromatic rings. The zero-order valence-electron chi connectivity index (χ0n) is 18.7. The molecule has 2 heterocycles. The molecule has 0 radical (unpaired) electrons. The summed E-state index contributed by atoms with van der Waals surface area (Å²) in [6, 6.07) is 13.5. The van der Waals surface area contributed by atoms with Crippen molar-refractivity contribution in [1.82, 2.24) is 9.88 Å². The van der Waals surface area contributed by atoms with Crippen LogP contribution in [0.25, 0.3) is 0 Å². The second kappa shape index (κ2) is 10.6. The lowest BCUT2D eigenvalue weighted by Crippen LogP contribution is -2.25. The van der Waals surface area contributed by atoms with E-state index in [2.05, 4.69) is 28.9 Å². The highest BCUT2D eigenvalue weighted by Crippen LogP contribution is 2.34. The van der Waals surface area contributed by atoms with Crippen molar-refractivity contribution in [3.63, 3.8) is 0 Å². The van der Waals surface area contributed by atoms with E-state index in [0.29, 0.717) is 17.4 Å². The summed E-state index contributed by atoms with van der Waals surface area (Å²) < 4.78 is 22.4. The molecule has 5 nitrogen and oxygen atoms in total. The van der Waals surface area contributed by atoms with Gasteiger partial charge in [-0.05, 0) is 74.3 Å². The van der Waals surface area contributed by atoms with E-state index in [1.165, 1.54) is 23.3 Å². The summed E-state index contributed by atoms with van der Waals surface area (Å²) in [5.41, 5.74) is 3.87. The quantitative estimate of drug-likeness (QED) is 0.388. The normalized spacial score (nSPS) is 16.0. The smallest absolute Gasteiger partial charge is 0.150 e. The molecule has 32 heavy (non-hydrogen) atoms. The third kappa shape index (κ3) is 5.74. The molecule has 170 valence electrons. The summed E-state index contributed by atoms with van der Waals surface area (Å²) in [6.07, 6.45) is 1.15. The van der Waals surface area contributed by atoms with Gasteiger partial charge >= 0.3 is 0 Å². The van der Waals surface area contributed by atoms with Crippen LogP contribution in [-0.2, 0) is 6.54 Å². The van der Waals surface area contributed by atoms with Crippen molar-refractivity contribution in [2.24, 2.45) is 5.92 Å². The Morgan fingerprint density at radius 1 is 1.22 bits per heavy atom. The lowest BCUT2D eigenvalue weighted by molar-refractivity contribution is 0.340. The first kappa shape index (κ1) is 22.9. The molecule has 0 bridgehead atoms. The van der Waals surface area contributed by atoms with Gasteiger partial charge in [0.15, 0.2) is 0 Å². The monoisotopic (exact) mass is 472 g/mol. The number of ether oxygens (including phenoxy) is 1. The molecule has 2 aromatic carbocycles. The van der Waals surface area contributed by atoms with Crippen molar-refractivity contribution < 1.29 is 9.13 Å². The number of halogens is 1. The number of thiazole rings is 1. The average Bonchev–Trinajstić information content (AvgIpc) is 3.47. The molecule has 1 aliphatic heterocycles. The molecule has 1 aromatic heterocycles. The van der Waals surface area contributed by atoms with Gasteiger partial charge in [0.2, 0.25) is 0 Å². The van der Waals surface area contributed by atoms with E-state index in [4.69, 9.17) is 4.74 Å². The van der Waals surface area contributed by atoms with Gasteiger partial charge in [0.05, 0.1) is 24.1 Å². The predicted octanol–water partition coefficient (Wildman–Crippen LogP) is 5.39. The third-order valence-electron chi connectivity index (χ3n) is 5.56. The minimum atomic E-state index is -0.196. The number of benzene rings is 2. The molecule has 1 aliphatic rings. The van der Waals surface area contributed by atoms with Gasteiger partial charge in [-0.25, -0.2) is 9.37 Å². The number of anilines is 2. The van der Waals surface area contributed by atoms with Gasteiger partial charge < -0.3 is 14.5 Å². The Hall–Kier alpha value is -2.29. The van der Waals surface area contributed by atoms with E-state index in [1.807, 2.05) is 46.1 Å². The van der Waals surface area contributed by atoms with Crippen LogP contribution in [0.1, 0.15) is 12.0 Å². The van der Waals surface area contributed by atoms with Crippen LogP contribution >= 0.6 is 23.3 Å². The fourth-order valence-electron chi connectivity index (χ4n) is 4.00. The van der Waals surface area contributed by atoms with Crippen LogP contribution in [0, 0.1) is 11.7 Å². The fraction of sp³-hybridized carbons (Fsp3) is 0.375. The van der Waals surface area contributed by atoms with Gasteiger partial charge in [-0.2, -0.15) is 0 Å². The standard InChI is InChI=1S/C24H29FN4OS2/c1-27(2)13-19-10-11-28(14-19)20-6-9-23(22(25)12-20)32-29(24-16-31-17-26-24)15-18-4-7-21(30-3)8-5-18/h4-9,12,16-17,19H,10-11,13-15H2,1-3H3. The Morgan fingerprint density at radius 2 is 2.03 bits per heavy atom. The topological polar surface area (TPSA) is 31.8 Å². The summed E-state index contributed by atoms with van der Waals surface area (Å²) in [4.78, 5) is 9.57. The van der Waals surface area contributed by atoms with Crippen LogP contribution < -0.4 is 13.9 Å². The minimum absolute atomic E-state index is 0.196. The molecule has 0 N–H and O–H groups in total. The number of hydrogen-bond donors (Lipinski definition) is 0. The molecule has 1 unspecified atom stereocenters. The van der Waals surface area contributed by atoms with Crippen LogP contribution in [0.3, 0.4) is 0 Å². The molecule has 0 amide bonds. The van der Waals surface area contributed by atoms with Crippen molar-refractivity contribution in [1.29, 1.82) is 0 Å². The average molecular weight is 473 g/mol. The molecular formula is C24H29FN4OS2. The lowest BCUT2D eigenvalue weighted by Gasteiger charge is -2.23. The van der Waals surface area contributed by atoms with E-state index in [-0.39, 0.29) is 5.82 Å². The predicted molar refractivity (Wildman–Crippen MR) is 132 cm³/mol. The van der Waals surface area contributed by atoms with Crippen molar-refractivity contribution in [3.05, 3.63) is 64.7 Å². The van der Waals surface area contributed by atoms with Crippen molar-refractivity contribution in [3.8, 4) is 5.75 Å². The highest BCUT2D eigenvalue weighted by Gasteiger charge is 2.24. The maximum absolute atomic E-state index is 15.1. The lowest BCUT2D eigenvalue weighted by atomic mass is 10.1. The van der Waals surface area contributed by atoms with E-state index >= 15 is 4.39 Å². The highest BCUT2D eigenvalue weighted by atomic mass is 32.2. The summed E-state index contributed by atoms with van der Waals surface area (Å²) in [7, 11) is 5.87. The molecule has 8 heteroatoms. The Morgan fingerprint density at radius 3 is 2.69 bits per heavy atom. The van der Waals surface area contributed by atoms with E-state index < -0.39 is 0 Å². The molecular weight excluding hydrogens is 443 g/mol. The van der Waals surface area contributed by atoms with Gasteiger partial charge in [0.25, 0.3) is 0 Å². The Labute approximate surface area is 198 Å². The second-order valence-corrected chi connectivity index (χ2v) is 10.1. The first-order valence-corrected chi connectivity index (χ1v) is 12.4. The largest absolute Gasteiger partial charge is 0.497 e. The van der Waals surface area contributed by atoms with Gasteiger partial charge in [0.1, 0.15) is 17.4 Å². The van der Waals surface area contributed by atoms with Crippen LogP contribution in [-0.4, -0.2) is 50.7 Å². The van der Waals surface area contributed by atoms with E-state index in [1.54, 1.807) is 18.7 Å². The summed E-state index contributed by atoms with van der Waals surface area (Å²) in [5, 5.41) is 1.98. The summed E-state index contributed by atoms with van der Waals surface area (Å²) >= 11 is 2.92. The Bertz CT molecular complexity index is 998. The molecule has 1 fully saturated rings. The van der Waals surface area contributed by atoms with Crippen LogP contribution in [0.2, 0.25) is 0 Å². The molecule has 4 rings (SSSR count). The SMILES string of the molecule is COc1ccc(CN(Sc2ccc(N3CCC(CN(C)C)C3)cc2F)c2cscn2)cc1. The number of hydrogen-bond acceptors (Lipinski definition) is 7. The van der Waals surface area contributed by atoms with Gasteiger partial charge in [-0.1, -0.05) is 12.1 Å². The van der Waals surface area contributed by atoms with Crippen molar-refractivity contribution >= 4 is 34.8 Å². The minimum Gasteiger partial charge on any atom is -0.497 e. The first-order chi connectivity index (χ1) is 15.5. The zero-order valence-corrected chi connectivity index (χ0v) is 20.3. The maximum Gasteiger partial charge on any atom is 0.150 e. The fourth-order valence-corrected chi connectivity index (χ4v) is 5.52. The molecule has 0 spiro atoms. The van der Waals surface area contributed by atoms with E-state index in [9.17, 15) is 0 Å². The van der Waals surface area contributed by atoms with Crippen LogP contribution in [0.15, 0.2) is 58.3 Å². The third-order valence-corrected chi connectivity index (χ3v) is 7.20. The Kier molecular flexibility index (Phi) is 7.55. The second-order valence-electron chi connectivity index (χ2n) is 8.30. The number of nitrogens with zero attached hydrogens (tertiary/aromatic N) is 4. The molecule has 0 aliphatic carbocycles. The van der Waals surface area contributed by atoms with Gasteiger partial charge in [0, 0.05) is 30.7 Å². The molecule has 1 atom stereocenters. The van der Waals surface area contributed by atoms with Crippen LogP contribution in [0.4, 0.5) is 15.9 Å². The summed E-state index contributed by atoms with van der Waals surface area (Å²) in [6.45, 7) is 3.64. The van der Waals surface area contributed by atoms with Gasteiger partial charge in [-0.3, -0.25) is 4.31 Å². The first-order valence-electron chi connectivity index (χ1n) is 10.7. The maximum atomic E-state index is 15.1. The number of aromatic nitrogens is 1. The van der Waals surface area contributed by atoms with E-state index in [0.717, 1.165) is 48.9 Å². The molecule has 1 saturated heterocycles. The number of rotatable bonds is 9.